The summed E-state index contributed by atoms with van der Waals surface area (Å²) in [6, 6.07) is 9.46. The van der Waals surface area contributed by atoms with E-state index in [9.17, 15) is 4.79 Å². The lowest BCUT2D eigenvalue weighted by Crippen LogP contribution is -2.12. The lowest BCUT2D eigenvalue weighted by atomic mass is 9.91. The number of carbonyl (C=O) groups is 1. The number of benzene rings is 2. The van der Waals surface area contributed by atoms with Gasteiger partial charge in [0, 0.05) is 53.4 Å². The predicted octanol–water partition coefficient (Wildman–Crippen LogP) is 5.95. The van der Waals surface area contributed by atoms with E-state index < -0.39 is 17.5 Å². The first-order valence-electron chi connectivity index (χ1n) is 12.9. The molecule has 5 aromatic rings. The summed E-state index contributed by atoms with van der Waals surface area (Å²) in [7, 11) is 1.77. The van der Waals surface area contributed by atoms with E-state index in [1.165, 1.54) is 18.5 Å². The Morgan fingerprint density at radius 2 is 1.93 bits per heavy atom. The van der Waals surface area contributed by atoms with E-state index in [1.54, 1.807) is 55.9 Å². The third-order valence-corrected chi connectivity index (χ3v) is 6.96. The van der Waals surface area contributed by atoms with Gasteiger partial charge in [-0.25, -0.2) is 28.7 Å². The van der Waals surface area contributed by atoms with Crippen LogP contribution in [0, 0.1) is 18.6 Å². The van der Waals surface area contributed by atoms with Crippen LogP contribution in [-0.4, -0.2) is 37.0 Å². The molecule has 0 saturated heterocycles. The van der Waals surface area contributed by atoms with Crippen molar-refractivity contribution in [2.75, 3.05) is 17.2 Å². The Bertz CT molecular complexity index is 1880. The van der Waals surface area contributed by atoms with Crippen LogP contribution in [0.3, 0.4) is 0 Å². The lowest BCUT2D eigenvalue weighted by molar-refractivity contribution is -0.112. The van der Waals surface area contributed by atoms with E-state index in [1.807, 2.05) is 0 Å². The number of nitrogens with one attached hydrogen (secondary N) is 2. The second-order valence-electron chi connectivity index (χ2n) is 9.80. The van der Waals surface area contributed by atoms with Gasteiger partial charge in [0.15, 0.2) is 11.6 Å². The van der Waals surface area contributed by atoms with E-state index in [4.69, 9.17) is 4.74 Å². The molecule has 0 aliphatic carbocycles. The molecule has 41 heavy (non-hydrogen) atoms. The van der Waals surface area contributed by atoms with E-state index >= 15 is 8.78 Å². The molecule has 3 aromatic heterocycles. The highest BCUT2D eigenvalue weighted by molar-refractivity contribution is 6.09. The first-order valence-corrected chi connectivity index (χ1v) is 12.9. The maximum absolute atomic E-state index is 16.1. The van der Waals surface area contributed by atoms with Crippen LogP contribution in [0.1, 0.15) is 18.2 Å². The van der Waals surface area contributed by atoms with Crippen molar-refractivity contribution in [2.24, 2.45) is 7.05 Å². The second kappa shape index (κ2) is 10.1. The van der Waals surface area contributed by atoms with Gasteiger partial charge in [0.1, 0.15) is 23.6 Å². The molecule has 2 N–H and O–H groups in total. The molecule has 0 radical (unpaired) electrons. The normalized spacial score (nSPS) is 12.2. The number of fused-ring (bicyclic) bond motifs is 2. The zero-order chi connectivity index (χ0) is 28.8. The highest BCUT2D eigenvalue weighted by atomic mass is 19.1. The van der Waals surface area contributed by atoms with Crippen LogP contribution in [0.4, 0.5) is 20.3 Å². The maximum Gasteiger partial charge on any atom is 0.322 e. The first-order chi connectivity index (χ1) is 19.7. The highest BCUT2D eigenvalue weighted by Crippen LogP contribution is 2.46. The molecule has 0 bridgehead atoms. The number of aromatic nitrogens is 5. The van der Waals surface area contributed by atoms with E-state index in [2.05, 4.69) is 37.1 Å². The number of ether oxygens (including phenoxy) is 1. The molecule has 2 aromatic carbocycles. The van der Waals surface area contributed by atoms with Gasteiger partial charge in [0.05, 0.1) is 11.1 Å². The smallest absolute Gasteiger partial charge is 0.322 e. The van der Waals surface area contributed by atoms with Crippen molar-refractivity contribution in [1.82, 2.24) is 24.5 Å². The largest absolute Gasteiger partial charge is 0.421 e. The van der Waals surface area contributed by atoms with E-state index in [-0.39, 0.29) is 23.0 Å². The minimum Gasteiger partial charge on any atom is -0.421 e. The van der Waals surface area contributed by atoms with Gasteiger partial charge in [0.25, 0.3) is 5.91 Å². The molecule has 1 amide bonds. The predicted molar refractivity (Wildman–Crippen MR) is 152 cm³/mol. The Labute approximate surface area is 234 Å². The van der Waals surface area contributed by atoms with Crippen molar-refractivity contribution in [3.63, 3.8) is 0 Å². The number of anilines is 2. The van der Waals surface area contributed by atoms with Crippen LogP contribution in [0.5, 0.6) is 11.8 Å². The molecule has 0 fully saturated rings. The quantitative estimate of drug-likeness (QED) is 0.259. The molecule has 0 saturated carbocycles. The summed E-state index contributed by atoms with van der Waals surface area (Å²) in [6.45, 7) is 7.37. The maximum atomic E-state index is 16.1. The number of carbonyl (C=O) groups excluding carboxylic acids is 1. The van der Waals surface area contributed by atoms with Crippen molar-refractivity contribution < 1.29 is 18.3 Å². The minimum atomic E-state index is -0.574. The highest BCUT2D eigenvalue weighted by Gasteiger charge is 2.29. The molecule has 4 heterocycles. The number of halogens is 2. The molecule has 206 valence electrons. The van der Waals surface area contributed by atoms with Gasteiger partial charge in [0.2, 0.25) is 0 Å². The molecule has 1 aliphatic rings. The number of amides is 1. The first kappa shape index (κ1) is 26.1. The number of rotatable bonds is 5. The SMILES string of the molecule is C=C(C)C(=O)Nc1ccc(-c2c3c4c(ncnc4n2C)NCCc2c-3ccc(Oc3nccc(C)n3)c2F)c(F)c1. The Morgan fingerprint density at radius 3 is 2.68 bits per heavy atom. The van der Waals surface area contributed by atoms with Crippen LogP contribution in [-0.2, 0) is 18.3 Å². The fraction of sp³-hybridized carbons (Fsp3) is 0.167. The lowest BCUT2D eigenvalue weighted by Gasteiger charge is -2.19. The summed E-state index contributed by atoms with van der Waals surface area (Å²) >= 11 is 0. The molecule has 6 rings (SSSR count). The zero-order valence-electron chi connectivity index (χ0n) is 22.5. The van der Waals surface area contributed by atoms with Crippen LogP contribution >= 0.6 is 0 Å². The molecule has 9 nitrogen and oxygen atoms in total. The average molecular weight is 554 g/mol. The Balaban J connectivity index is 1.55. The fourth-order valence-electron chi connectivity index (χ4n) is 5.02. The van der Waals surface area contributed by atoms with Gasteiger partial charge in [-0.1, -0.05) is 12.6 Å². The Hall–Kier alpha value is -5.19. The van der Waals surface area contributed by atoms with Gasteiger partial charge < -0.3 is 19.9 Å². The second-order valence-corrected chi connectivity index (χ2v) is 9.80. The molecule has 0 unspecified atom stereocenters. The monoisotopic (exact) mass is 553 g/mol. The van der Waals surface area contributed by atoms with Gasteiger partial charge in [-0.2, -0.15) is 0 Å². The van der Waals surface area contributed by atoms with Crippen molar-refractivity contribution in [2.45, 2.75) is 20.3 Å². The van der Waals surface area contributed by atoms with E-state index in [0.717, 1.165) is 0 Å². The summed E-state index contributed by atoms with van der Waals surface area (Å²) in [4.78, 5) is 29.3. The molecular formula is C30H25F2N7O2. The van der Waals surface area contributed by atoms with Crippen LogP contribution in [0.2, 0.25) is 0 Å². The molecule has 11 heteroatoms. The average Bonchev–Trinajstić information content (AvgIpc) is 3.22. The summed E-state index contributed by atoms with van der Waals surface area (Å²) in [5.74, 6) is -0.992. The standard InChI is InChI=1S/C30H25F2N7O2/c1-15(2)29(40)38-17-5-6-20(21(31)13-17)26-23-18-7-8-22(41-30-34-11-9-16(3)37-30)25(32)19(18)10-12-33-27-24(23)28(39(26)4)36-14-35-27/h5-9,11,13-14H,1,10,12H2,2-4H3,(H,38,40)(H,33,35,36). The van der Waals surface area contributed by atoms with Crippen molar-refractivity contribution >= 4 is 28.4 Å². The number of aryl methyl sites for hydroxylation is 2. The zero-order valence-corrected chi connectivity index (χ0v) is 22.5. The van der Waals surface area contributed by atoms with Gasteiger partial charge in [-0.3, -0.25) is 4.79 Å². The third kappa shape index (κ3) is 4.54. The van der Waals surface area contributed by atoms with Crippen molar-refractivity contribution in [1.29, 1.82) is 0 Å². The third-order valence-electron chi connectivity index (χ3n) is 6.96. The van der Waals surface area contributed by atoms with E-state index in [0.29, 0.717) is 63.5 Å². The summed E-state index contributed by atoms with van der Waals surface area (Å²) in [5.41, 5.74) is 4.09. The van der Waals surface area contributed by atoms with Crippen LogP contribution in [0.15, 0.2) is 61.1 Å². The molecule has 1 aliphatic heterocycles. The summed E-state index contributed by atoms with van der Waals surface area (Å²) in [5, 5.41) is 6.55. The van der Waals surface area contributed by atoms with Crippen LogP contribution < -0.4 is 15.4 Å². The molecular weight excluding hydrogens is 528 g/mol. The van der Waals surface area contributed by atoms with Crippen molar-refractivity contribution in [3.8, 4) is 34.1 Å². The Morgan fingerprint density at radius 1 is 1.12 bits per heavy atom. The molecule has 0 atom stereocenters. The Kier molecular flexibility index (Phi) is 6.41. The minimum absolute atomic E-state index is 0.0167. The summed E-state index contributed by atoms with van der Waals surface area (Å²) < 4.78 is 39.4. The number of hydrogen-bond acceptors (Lipinski definition) is 7. The molecule has 0 spiro atoms. The van der Waals surface area contributed by atoms with Crippen LogP contribution in [0.25, 0.3) is 33.4 Å². The topological polar surface area (TPSA) is 107 Å². The van der Waals surface area contributed by atoms with Gasteiger partial charge >= 0.3 is 6.01 Å². The fourth-order valence-corrected chi connectivity index (χ4v) is 5.02. The van der Waals surface area contributed by atoms with Gasteiger partial charge in [-0.15, -0.1) is 0 Å². The van der Waals surface area contributed by atoms with Gasteiger partial charge in [-0.05, 0) is 56.2 Å². The number of nitrogens with zero attached hydrogens (tertiary/aromatic N) is 5. The summed E-state index contributed by atoms with van der Waals surface area (Å²) in [6.07, 6.45) is 3.29. The number of hydrogen-bond donors (Lipinski definition) is 2. The van der Waals surface area contributed by atoms with Crippen molar-refractivity contribution in [3.05, 3.63) is 84.0 Å².